The first-order valence-electron chi connectivity index (χ1n) is 10.4. The lowest BCUT2D eigenvalue weighted by Gasteiger charge is -2.20. The van der Waals surface area contributed by atoms with Crippen molar-refractivity contribution < 1.29 is 13.2 Å². The summed E-state index contributed by atoms with van der Waals surface area (Å²) in [5.41, 5.74) is 2.68. The minimum Gasteiger partial charge on any atom is -0.319 e. The molecule has 0 bridgehead atoms. The molecule has 1 amide bonds. The third-order valence-electron chi connectivity index (χ3n) is 5.40. The average Bonchev–Trinajstić information content (AvgIpc) is 3.06. The van der Waals surface area contributed by atoms with Crippen molar-refractivity contribution in [2.75, 3.05) is 7.05 Å². The zero-order chi connectivity index (χ0) is 22.8. The molecule has 0 atom stereocenters. The first-order chi connectivity index (χ1) is 14.6. The van der Waals surface area contributed by atoms with Crippen LogP contribution in [0.25, 0.3) is 10.2 Å². The van der Waals surface area contributed by atoms with Crippen LogP contribution in [0.1, 0.15) is 49.5 Å². The van der Waals surface area contributed by atoms with Crippen LogP contribution in [0.2, 0.25) is 0 Å². The monoisotopic (exact) mass is 459 g/mol. The second-order valence-electron chi connectivity index (χ2n) is 7.91. The standard InChI is InChI=1S/C23H29N3O3S2/c1-6-7-8-17-9-14-20-21(15-17)30-23(25(20)4)24-22(27)18-10-12-19(13-11-18)31(28,29)26(5)16(2)3/h9-16H,6-8H2,1-5H3. The van der Waals surface area contributed by atoms with Crippen molar-refractivity contribution in [3.8, 4) is 0 Å². The molecule has 2 aromatic carbocycles. The van der Waals surface area contributed by atoms with E-state index in [0.29, 0.717) is 10.4 Å². The molecule has 8 heteroatoms. The summed E-state index contributed by atoms with van der Waals surface area (Å²) in [5.74, 6) is -0.394. The highest BCUT2D eigenvalue weighted by atomic mass is 32.2. The smallest absolute Gasteiger partial charge is 0.279 e. The Hall–Kier alpha value is -2.29. The summed E-state index contributed by atoms with van der Waals surface area (Å²) in [6.45, 7) is 5.80. The van der Waals surface area contributed by atoms with Crippen LogP contribution in [-0.2, 0) is 23.5 Å². The second-order valence-corrected chi connectivity index (χ2v) is 10.9. The fourth-order valence-electron chi connectivity index (χ4n) is 3.19. The molecule has 0 saturated heterocycles. The number of carbonyl (C=O) groups excluding carboxylic acids is 1. The van der Waals surface area contributed by atoms with E-state index < -0.39 is 15.9 Å². The number of aromatic nitrogens is 1. The quantitative estimate of drug-likeness (QED) is 0.527. The van der Waals surface area contributed by atoms with Crippen molar-refractivity contribution in [1.82, 2.24) is 8.87 Å². The highest BCUT2D eigenvalue weighted by Gasteiger charge is 2.23. The molecule has 1 aromatic heterocycles. The van der Waals surface area contributed by atoms with Gasteiger partial charge in [-0.25, -0.2) is 8.42 Å². The fourth-order valence-corrected chi connectivity index (χ4v) is 5.63. The SMILES string of the molecule is CCCCc1ccc2c(c1)sc(=NC(=O)c1ccc(S(=O)(=O)N(C)C(C)C)cc1)n2C. The van der Waals surface area contributed by atoms with Crippen molar-refractivity contribution in [2.24, 2.45) is 12.0 Å². The third-order valence-corrected chi connectivity index (χ3v) is 8.54. The molecule has 0 aliphatic heterocycles. The Bertz CT molecular complexity index is 1250. The molecule has 0 saturated carbocycles. The van der Waals surface area contributed by atoms with Crippen molar-refractivity contribution in [3.05, 3.63) is 58.4 Å². The lowest BCUT2D eigenvalue weighted by Crippen LogP contribution is -2.33. The Morgan fingerprint density at radius 2 is 1.84 bits per heavy atom. The number of rotatable bonds is 7. The second kappa shape index (κ2) is 9.46. The number of unbranched alkanes of at least 4 members (excludes halogenated alkanes) is 1. The van der Waals surface area contributed by atoms with E-state index in [4.69, 9.17) is 0 Å². The molecule has 166 valence electrons. The molecular formula is C23H29N3O3S2. The van der Waals surface area contributed by atoms with Gasteiger partial charge in [-0.2, -0.15) is 9.30 Å². The number of aryl methyl sites for hydroxylation is 2. The van der Waals surface area contributed by atoms with Gasteiger partial charge in [0.25, 0.3) is 5.91 Å². The summed E-state index contributed by atoms with van der Waals surface area (Å²) in [6.07, 6.45) is 3.34. The summed E-state index contributed by atoms with van der Waals surface area (Å²) in [6, 6.07) is 12.2. The zero-order valence-electron chi connectivity index (χ0n) is 18.6. The van der Waals surface area contributed by atoms with Crippen LogP contribution >= 0.6 is 11.3 Å². The Kier molecular flexibility index (Phi) is 7.13. The Labute approximate surface area is 187 Å². The van der Waals surface area contributed by atoms with Gasteiger partial charge in [0, 0.05) is 25.7 Å². The van der Waals surface area contributed by atoms with Gasteiger partial charge in [-0.15, -0.1) is 0 Å². The van der Waals surface area contributed by atoms with Crippen LogP contribution in [-0.4, -0.2) is 36.3 Å². The Balaban J connectivity index is 1.90. The minimum absolute atomic E-state index is 0.156. The number of hydrogen-bond donors (Lipinski definition) is 0. The highest BCUT2D eigenvalue weighted by molar-refractivity contribution is 7.89. The number of sulfonamides is 1. The van der Waals surface area contributed by atoms with Crippen molar-refractivity contribution in [3.63, 3.8) is 0 Å². The first-order valence-corrected chi connectivity index (χ1v) is 12.7. The van der Waals surface area contributed by atoms with Gasteiger partial charge in [-0.1, -0.05) is 30.7 Å². The molecular weight excluding hydrogens is 430 g/mol. The molecule has 1 heterocycles. The summed E-state index contributed by atoms with van der Waals surface area (Å²) in [4.78, 5) is 17.8. The molecule has 6 nitrogen and oxygen atoms in total. The number of thiazole rings is 1. The Morgan fingerprint density at radius 3 is 2.45 bits per heavy atom. The molecule has 3 rings (SSSR count). The number of carbonyl (C=O) groups is 1. The van der Waals surface area contributed by atoms with Gasteiger partial charge in [0.2, 0.25) is 10.0 Å². The van der Waals surface area contributed by atoms with Crippen LogP contribution in [0.3, 0.4) is 0 Å². The van der Waals surface area contributed by atoms with E-state index >= 15 is 0 Å². The number of hydrogen-bond acceptors (Lipinski definition) is 4. The van der Waals surface area contributed by atoms with Crippen LogP contribution in [0.5, 0.6) is 0 Å². The predicted molar refractivity (Wildman–Crippen MR) is 126 cm³/mol. The Morgan fingerprint density at radius 1 is 1.16 bits per heavy atom. The largest absolute Gasteiger partial charge is 0.319 e. The zero-order valence-corrected chi connectivity index (χ0v) is 20.3. The molecule has 0 aliphatic carbocycles. The van der Waals surface area contributed by atoms with Gasteiger partial charge in [-0.3, -0.25) is 4.79 Å². The average molecular weight is 460 g/mol. The van der Waals surface area contributed by atoms with Gasteiger partial charge >= 0.3 is 0 Å². The van der Waals surface area contributed by atoms with E-state index in [-0.39, 0.29) is 10.9 Å². The first kappa shape index (κ1) is 23.4. The number of benzene rings is 2. The molecule has 31 heavy (non-hydrogen) atoms. The van der Waals surface area contributed by atoms with E-state index in [0.717, 1.165) is 29.5 Å². The third kappa shape index (κ3) is 4.97. The molecule has 0 radical (unpaired) electrons. The van der Waals surface area contributed by atoms with Crippen molar-refractivity contribution >= 4 is 37.5 Å². The molecule has 3 aromatic rings. The maximum Gasteiger partial charge on any atom is 0.279 e. The molecule has 0 unspecified atom stereocenters. The summed E-state index contributed by atoms with van der Waals surface area (Å²) in [5, 5.41) is 0. The van der Waals surface area contributed by atoms with Crippen LogP contribution < -0.4 is 4.80 Å². The van der Waals surface area contributed by atoms with Gasteiger partial charge in [0.05, 0.1) is 15.1 Å². The lowest BCUT2D eigenvalue weighted by atomic mass is 10.1. The van der Waals surface area contributed by atoms with Crippen molar-refractivity contribution in [1.29, 1.82) is 0 Å². The van der Waals surface area contributed by atoms with E-state index in [1.54, 1.807) is 7.05 Å². The van der Waals surface area contributed by atoms with Crippen LogP contribution in [0.4, 0.5) is 0 Å². The summed E-state index contributed by atoms with van der Waals surface area (Å²) in [7, 11) is -0.143. The fraction of sp³-hybridized carbons (Fsp3) is 0.391. The van der Waals surface area contributed by atoms with Gasteiger partial charge in [0.1, 0.15) is 0 Å². The summed E-state index contributed by atoms with van der Waals surface area (Å²) < 4.78 is 29.5. The predicted octanol–water partition coefficient (Wildman–Crippen LogP) is 4.35. The molecule has 0 N–H and O–H groups in total. The lowest BCUT2D eigenvalue weighted by molar-refractivity contribution is 0.0998. The molecule has 0 fully saturated rings. The molecule has 0 spiro atoms. The number of nitrogens with zero attached hydrogens (tertiary/aromatic N) is 3. The van der Waals surface area contributed by atoms with Crippen LogP contribution in [0.15, 0.2) is 52.4 Å². The van der Waals surface area contributed by atoms with Gasteiger partial charge in [0.15, 0.2) is 4.80 Å². The maximum absolute atomic E-state index is 12.7. The number of fused-ring (bicyclic) bond motifs is 1. The van der Waals surface area contributed by atoms with Gasteiger partial charge in [-0.05, 0) is 68.7 Å². The van der Waals surface area contributed by atoms with E-state index in [9.17, 15) is 13.2 Å². The maximum atomic E-state index is 12.7. The number of amides is 1. The van der Waals surface area contributed by atoms with Crippen molar-refractivity contribution in [2.45, 2.75) is 51.0 Å². The minimum atomic E-state index is -3.59. The van der Waals surface area contributed by atoms with Crippen LogP contribution in [0, 0.1) is 0 Å². The van der Waals surface area contributed by atoms with Gasteiger partial charge < -0.3 is 4.57 Å². The van der Waals surface area contributed by atoms with E-state index in [1.807, 2.05) is 25.5 Å². The molecule has 0 aliphatic rings. The highest BCUT2D eigenvalue weighted by Crippen LogP contribution is 2.20. The summed E-state index contributed by atoms with van der Waals surface area (Å²) >= 11 is 1.48. The normalized spacial score (nSPS) is 12.9. The van der Waals surface area contributed by atoms with E-state index in [1.165, 1.54) is 45.5 Å². The topological polar surface area (TPSA) is 71.7 Å². The van der Waals surface area contributed by atoms with E-state index in [2.05, 4.69) is 30.1 Å².